The number of rotatable bonds is 0. The molecule has 0 aliphatic heterocycles. The van der Waals surface area contributed by atoms with Gasteiger partial charge >= 0.3 is 0 Å². The van der Waals surface area contributed by atoms with Crippen molar-refractivity contribution in [2.24, 2.45) is 0 Å². The Bertz CT molecular complexity index is 233. The molecule has 5 nitrogen and oxygen atoms in total. The second-order valence-electron chi connectivity index (χ2n) is 1.33. The van der Waals surface area contributed by atoms with Crippen LogP contribution in [-0.2, 0) is 0 Å². The third kappa shape index (κ3) is 0.281. The van der Waals surface area contributed by atoms with Crippen LogP contribution in [0, 0.1) is 0 Å². The molecule has 2 aromatic heterocycles. The first-order valence-corrected chi connectivity index (χ1v) is 2.07. The lowest BCUT2D eigenvalue weighted by Gasteiger charge is -1.64. The van der Waals surface area contributed by atoms with Gasteiger partial charge in [0.05, 0.1) is 0 Å². The molecule has 0 aromatic carbocycles. The number of fused-ring (bicyclic) bond motifs is 1. The molecule has 0 atom stereocenters. The Hall–Kier alpha value is -1.39. The molecule has 5 heteroatoms. The molecule has 0 fully saturated rings. The van der Waals surface area contributed by atoms with E-state index >= 15 is 0 Å². The predicted molar refractivity (Wildman–Crippen MR) is 23.0 cm³/mol. The Morgan fingerprint density at radius 2 is 2.62 bits per heavy atom. The Kier molecular flexibility index (Phi) is 0.476. The van der Waals surface area contributed by atoms with Gasteiger partial charge in [-0.25, -0.2) is 0 Å². The Labute approximate surface area is 43.9 Å². The van der Waals surface area contributed by atoms with E-state index in [1.807, 2.05) is 0 Å². The van der Waals surface area contributed by atoms with Crippen molar-refractivity contribution in [3.8, 4) is 0 Å². The minimum absolute atomic E-state index is 0.560. The van der Waals surface area contributed by atoms with Crippen LogP contribution in [0.3, 0.4) is 0 Å². The molecule has 0 aliphatic carbocycles. The van der Waals surface area contributed by atoms with Crippen LogP contribution in [0.4, 0.5) is 0 Å². The van der Waals surface area contributed by atoms with Gasteiger partial charge in [0.15, 0.2) is 6.33 Å². The van der Waals surface area contributed by atoms with E-state index in [9.17, 15) is 0 Å². The zero-order chi connectivity index (χ0) is 5.40. The maximum atomic E-state index is 4.65. The lowest BCUT2D eigenvalue weighted by atomic mass is 10.9. The van der Waals surface area contributed by atoms with Gasteiger partial charge in [-0.1, -0.05) is 10.4 Å². The summed E-state index contributed by atoms with van der Waals surface area (Å²) in [5.74, 6) is 0. The summed E-state index contributed by atoms with van der Waals surface area (Å²) < 4.78 is 6.09. The highest BCUT2D eigenvalue weighted by atomic mass is 16.5. The zero-order valence-corrected chi connectivity index (χ0v) is 3.85. The highest BCUT2D eigenvalue weighted by Gasteiger charge is 1.93. The van der Waals surface area contributed by atoms with Crippen molar-refractivity contribution >= 4 is 5.71 Å². The van der Waals surface area contributed by atoms with E-state index in [-0.39, 0.29) is 0 Å². The second-order valence-corrected chi connectivity index (χ2v) is 1.33. The van der Waals surface area contributed by atoms with E-state index in [2.05, 4.69) is 20.0 Å². The lowest BCUT2D eigenvalue weighted by Crippen LogP contribution is -1.77. The van der Waals surface area contributed by atoms with Crippen molar-refractivity contribution in [3.05, 3.63) is 12.5 Å². The SMILES string of the molecule is c1nnn2cnoc12. The van der Waals surface area contributed by atoms with E-state index < -0.39 is 0 Å². The first-order valence-electron chi connectivity index (χ1n) is 2.07. The molecule has 2 aromatic rings. The summed E-state index contributed by atoms with van der Waals surface area (Å²) in [5, 5.41) is 10.6. The molecular formula is C3H2N4O. The van der Waals surface area contributed by atoms with Gasteiger partial charge in [-0.05, 0) is 0 Å². The minimum Gasteiger partial charge on any atom is -0.333 e. The number of aromatic nitrogens is 4. The molecule has 0 amide bonds. The molecule has 2 heterocycles. The molecule has 0 aliphatic rings. The zero-order valence-electron chi connectivity index (χ0n) is 3.85. The van der Waals surface area contributed by atoms with Crippen LogP contribution in [0.5, 0.6) is 0 Å². The third-order valence-corrected chi connectivity index (χ3v) is 0.845. The van der Waals surface area contributed by atoms with E-state index in [1.54, 1.807) is 0 Å². The smallest absolute Gasteiger partial charge is 0.273 e. The third-order valence-electron chi connectivity index (χ3n) is 0.845. The second kappa shape index (κ2) is 1.06. The molecule has 0 saturated carbocycles. The van der Waals surface area contributed by atoms with Crippen molar-refractivity contribution in [1.29, 1.82) is 0 Å². The predicted octanol–water partition coefficient (Wildman–Crippen LogP) is -0.283. The number of nitrogens with zero attached hydrogens (tertiary/aromatic N) is 4. The van der Waals surface area contributed by atoms with Gasteiger partial charge in [0, 0.05) is 0 Å². The van der Waals surface area contributed by atoms with Crippen LogP contribution in [0.2, 0.25) is 0 Å². The van der Waals surface area contributed by atoms with Crippen LogP contribution >= 0.6 is 0 Å². The molecule has 0 unspecified atom stereocenters. The van der Waals surface area contributed by atoms with Crippen molar-refractivity contribution in [2.45, 2.75) is 0 Å². The fraction of sp³-hybridized carbons (Fsp3) is 0. The van der Waals surface area contributed by atoms with Gasteiger partial charge in [-0.3, -0.25) is 0 Å². The van der Waals surface area contributed by atoms with E-state index in [1.165, 1.54) is 17.0 Å². The maximum Gasteiger partial charge on any atom is 0.273 e. The maximum absolute atomic E-state index is 4.65. The summed E-state index contributed by atoms with van der Waals surface area (Å²) in [4.78, 5) is 0. The van der Waals surface area contributed by atoms with Crippen LogP contribution < -0.4 is 0 Å². The van der Waals surface area contributed by atoms with E-state index in [0.717, 1.165) is 0 Å². The normalized spacial score (nSPS) is 10.5. The van der Waals surface area contributed by atoms with Gasteiger partial charge < -0.3 is 4.52 Å². The molecule has 40 valence electrons. The summed E-state index contributed by atoms with van der Waals surface area (Å²) in [5.41, 5.74) is 0.560. The van der Waals surface area contributed by atoms with Gasteiger partial charge in [0.2, 0.25) is 0 Å². The number of hydrogen-bond acceptors (Lipinski definition) is 4. The number of hydrogen-bond donors (Lipinski definition) is 0. The fourth-order valence-electron chi connectivity index (χ4n) is 0.502. The summed E-state index contributed by atoms with van der Waals surface area (Å²) in [6.45, 7) is 0. The largest absolute Gasteiger partial charge is 0.333 e. The summed E-state index contributed by atoms with van der Waals surface area (Å²) in [6, 6.07) is 0. The minimum atomic E-state index is 0.560. The van der Waals surface area contributed by atoms with Gasteiger partial charge in [0.1, 0.15) is 6.20 Å². The van der Waals surface area contributed by atoms with E-state index in [4.69, 9.17) is 0 Å². The lowest BCUT2D eigenvalue weighted by molar-refractivity contribution is 0.454. The quantitative estimate of drug-likeness (QED) is 0.468. The summed E-state index contributed by atoms with van der Waals surface area (Å²) >= 11 is 0. The van der Waals surface area contributed by atoms with Crippen molar-refractivity contribution in [1.82, 2.24) is 20.0 Å². The monoisotopic (exact) mass is 110 g/mol. The molecule has 8 heavy (non-hydrogen) atoms. The first kappa shape index (κ1) is 3.59. The van der Waals surface area contributed by atoms with Crippen molar-refractivity contribution < 1.29 is 4.52 Å². The Morgan fingerprint density at radius 3 is 3.50 bits per heavy atom. The average Bonchev–Trinajstić information content (AvgIpc) is 2.15. The van der Waals surface area contributed by atoms with Crippen molar-refractivity contribution in [2.75, 3.05) is 0 Å². The molecule has 0 N–H and O–H groups in total. The van der Waals surface area contributed by atoms with Gasteiger partial charge in [0.25, 0.3) is 5.71 Å². The molecule has 0 saturated heterocycles. The summed E-state index contributed by atoms with van der Waals surface area (Å²) in [6.07, 6.45) is 2.94. The van der Waals surface area contributed by atoms with Crippen LogP contribution in [0.1, 0.15) is 0 Å². The van der Waals surface area contributed by atoms with Crippen LogP contribution in [0.15, 0.2) is 17.0 Å². The Balaban J connectivity index is 3.06. The topological polar surface area (TPSA) is 56.2 Å². The van der Waals surface area contributed by atoms with Crippen LogP contribution in [-0.4, -0.2) is 20.0 Å². The summed E-state index contributed by atoms with van der Waals surface area (Å²) in [7, 11) is 0. The molecule has 0 bridgehead atoms. The highest BCUT2D eigenvalue weighted by Crippen LogP contribution is 1.92. The molecule has 2 rings (SSSR count). The van der Waals surface area contributed by atoms with Gasteiger partial charge in [-0.15, -0.1) is 5.10 Å². The molecule has 0 radical (unpaired) electrons. The standard InChI is InChI=1S/C3H2N4O/c1-3-7(6-4-1)2-5-8-3/h1-2H. The van der Waals surface area contributed by atoms with Gasteiger partial charge in [-0.2, -0.15) is 4.52 Å². The average molecular weight is 110 g/mol. The van der Waals surface area contributed by atoms with E-state index in [0.29, 0.717) is 5.71 Å². The molecule has 0 spiro atoms. The molecular weight excluding hydrogens is 108 g/mol. The van der Waals surface area contributed by atoms with Crippen molar-refractivity contribution in [3.63, 3.8) is 0 Å². The van der Waals surface area contributed by atoms with Crippen LogP contribution in [0.25, 0.3) is 5.71 Å². The Morgan fingerprint density at radius 1 is 1.62 bits per heavy atom. The first-order chi connectivity index (χ1) is 3.97. The fourth-order valence-corrected chi connectivity index (χ4v) is 0.502. The highest BCUT2D eigenvalue weighted by molar-refractivity contribution is 5.24.